The lowest BCUT2D eigenvalue weighted by atomic mass is 10.2. The number of nitrogens with zero attached hydrogens (tertiary/aromatic N) is 4. The molecule has 0 amide bonds. The zero-order valence-corrected chi connectivity index (χ0v) is 15.0. The molecule has 0 fully saturated rings. The van der Waals surface area contributed by atoms with E-state index in [1.807, 2.05) is 18.2 Å². The van der Waals surface area contributed by atoms with Crippen molar-refractivity contribution in [2.24, 2.45) is 0 Å². The number of rotatable bonds is 8. The first kappa shape index (κ1) is 19.0. The Morgan fingerprint density at radius 1 is 1.22 bits per heavy atom. The Labute approximate surface area is 160 Å². The van der Waals surface area contributed by atoms with Gasteiger partial charge in [-0.15, -0.1) is 0 Å². The molecule has 1 atom stereocenters. The number of hydrogen-bond acceptors (Lipinski definition) is 6. The molecule has 0 spiro atoms. The summed E-state index contributed by atoms with van der Waals surface area (Å²) in [6.07, 6.45) is 0.729. The molecular formula is C18H17ClN4O4. The lowest BCUT2D eigenvalue weighted by Crippen LogP contribution is -2.22. The number of ether oxygens (including phenoxy) is 1. The minimum absolute atomic E-state index is 0.00396. The van der Waals surface area contributed by atoms with E-state index >= 15 is 0 Å². The fraction of sp³-hybridized carbons (Fsp3) is 0.222. The van der Waals surface area contributed by atoms with Crippen LogP contribution in [0.25, 0.3) is 11.4 Å². The second kappa shape index (κ2) is 8.72. The Morgan fingerprint density at radius 2 is 1.96 bits per heavy atom. The van der Waals surface area contributed by atoms with Gasteiger partial charge in [0.1, 0.15) is 6.33 Å². The minimum atomic E-state index is -0.765. The molecule has 1 heterocycles. The lowest BCUT2D eigenvalue weighted by molar-refractivity contribution is -0.384. The van der Waals surface area contributed by atoms with Crippen LogP contribution in [-0.4, -0.2) is 37.5 Å². The molecule has 140 valence electrons. The number of benzene rings is 2. The van der Waals surface area contributed by atoms with E-state index in [1.165, 1.54) is 23.1 Å². The van der Waals surface area contributed by atoms with E-state index < -0.39 is 11.0 Å². The molecule has 2 aromatic carbocycles. The third-order valence-corrected chi connectivity index (χ3v) is 4.16. The number of nitro benzene ring substituents is 1. The molecule has 0 saturated heterocycles. The second-order valence-corrected chi connectivity index (χ2v) is 6.26. The Morgan fingerprint density at radius 3 is 2.67 bits per heavy atom. The van der Waals surface area contributed by atoms with Crippen LogP contribution in [0.3, 0.4) is 0 Å². The van der Waals surface area contributed by atoms with Crippen LogP contribution in [0.2, 0.25) is 5.02 Å². The summed E-state index contributed by atoms with van der Waals surface area (Å²) >= 11 is 6.06. The predicted molar refractivity (Wildman–Crippen MR) is 99.2 cm³/mol. The van der Waals surface area contributed by atoms with Crippen molar-refractivity contribution in [2.45, 2.75) is 19.3 Å². The molecule has 1 unspecified atom stereocenters. The predicted octanol–water partition coefficient (Wildman–Crippen LogP) is 3.08. The molecule has 0 aliphatic heterocycles. The number of non-ortho nitro benzene ring substituents is 1. The SMILES string of the molecule is O=[N+]([O-])c1ccc(-c2ncn(CC(O)COCc3ccccc3Cl)n2)cc1. The van der Waals surface area contributed by atoms with E-state index in [2.05, 4.69) is 10.1 Å². The van der Waals surface area contributed by atoms with Gasteiger partial charge in [-0.1, -0.05) is 29.8 Å². The molecule has 0 aliphatic rings. The summed E-state index contributed by atoms with van der Waals surface area (Å²) < 4.78 is 7.00. The summed E-state index contributed by atoms with van der Waals surface area (Å²) in [4.78, 5) is 14.4. The van der Waals surface area contributed by atoms with Crippen molar-refractivity contribution < 1.29 is 14.8 Å². The maximum absolute atomic E-state index is 10.7. The van der Waals surface area contributed by atoms with Crippen LogP contribution in [-0.2, 0) is 17.9 Å². The molecule has 0 aliphatic carbocycles. The highest BCUT2D eigenvalue weighted by Gasteiger charge is 2.11. The van der Waals surface area contributed by atoms with Crippen LogP contribution in [0.4, 0.5) is 5.69 Å². The molecule has 8 nitrogen and oxygen atoms in total. The summed E-state index contributed by atoms with van der Waals surface area (Å²) in [5.41, 5.74) is 1.51. The van der Waals surface area contributed by atoms with Gasteiger partial charge in [0.05, 0.1) is 30.8 Å². The third-order valence-electron chi connectivity index (χ3n) is 3.80. The Bertz CT molecular complexity index is 914. The smallest absolute Gasteiger partial charge is 0.269 e. The maximum atomic E-state index is 10.7. The van der Waals surface area contributed by atoms with Crippen molar-refractivity contribution in [1.29, 1.82) is 0 Å². The van der Waals surface area contributed by atoms with Gasteiger partial charge in [-0.3, -0.25) is 10.1 Å². The minimum Gasteiger partial charge on any atom is -0.389 e. The highest BCUT2D eigenvalue weighted by Crippen LogP contribution is 2.19. The largest absolute Gasteiger partial charge is 0.389 e. The number of aliphatic hydroxyl groups is 1. The average molecular weight is 389 g/mol. The second-order valence-electron chi connectivity index (χ2n) is 5.85. The van der Waals surface area contributed by atoms with Crippen LogP contribution in [0.1, 0.15) is 5.56 Å². The number of aliphatic hydroxyl groups excluding tert-OH is 1. The number of nitro groups is 1. The average Bonchev–Trinajstić information content (AvgIpc) is 3.12. The first-order valence-corrected chi connectivity index (χ1v) is 8.54. The van der Waals surface area contributed by atoms with Gasteiger partial charge in [0.2, 0.25) is 0 Å². The van der Waals surface area contributed by atoms with Gasteiger partial charge in [0.25, 0.3) is 5.69 Å². The van der Waals surface area contributed by atoms with Crippen molar-refractivity contribution >= 4 is 17.3 Å². The van der Waals surface area contributed by atoms with E-state index in [4.69, 9.17) is 16.3 Å². The molecule has 3 rings (SSSR count). The molecule has 3 aromatic rings. The number of aromatic nitrogens is 3. The normalized spacial score (nSPS) is 12.1. The van der Waals surface area contributed by atoms with Crippen molar-refractivity contribution in [1.82, 2.24) is 14.8 Å². The van der Waals surface area contributed by atoms with E-state index in [1.54, 1.807) is 18.2 Å². The highest BCUT2D eigenvalue weighted by molar-refractivity contribution is 6.31. The van der Waals surface area contributed by atoms with Gasteiger partial charge in [-0.2, -0.15) is 5.10 Å². The molecule has 0 radical (unpaired) electrons. The van der Waals surface area contributed by atoms with E-state index in [-0.39, 0.29) is 18.8 Å². The zero-order valence-electron chi connectivity index (χ0n) is 14.2. The van der Waals surface area contributed by atoms with E-state index in [0.29, 0.717) is 23.0 Å². The van der Waals surface area contributed by atoms with Crippen molar-refractivity contribution in [2.75, 3.05) is 6.61 Å². The standard InChI is InChI=1S/C18H17ClN4O4/c19-17-4-2-1-3-14(17)10-27-11-16(24)9-22-12-20-18(21-22)13-5-7-15(8-6-13)23(25)26/h1-8,12,16,24H,9-11H2. The third kappa shape index (κ3) is 5.10. The number of halogens is 1. The van der Waals surface area contributed by atoms with Gasteiger partial charge in [0, 0.05) is 22.7 Å². The Hall–Kier alpha value is -2.81. The van der Waals surface area contributed by atoms with Crippen LogP contribution in [0.5, 0.6) is 0 Å². The quantitative estimate of drug-likeness (QED) is 0.469. The summed E-state index contributed by atoms with van der Waals surface area (Å²) in [5, 5.41) is 25.7. The van der Waals surface area contributed by atoms with Gasteiger partial charge in [-0.05, 0) is 23.8 Å². The first-order chi connectivity index (χ1) is 13.0. The summed E-state index contributed by atoms with van der Waals surface area (Å²) in [7, 11) is 0. The number of hydrogen-bond donors (Lipinski definition) is 1. The van der Waals surface area contributed by atoms with Gasteiger partial charge in [-0.25, -0.2) is 9.67 Å². The Balaban J connectivity index is 1.52. The molecule has 9 heteroatoms. The lowest BCUT2D eigenvalue weighted by Gasteiger charge is -2.11. The van der Waals surface area contributed by atoms with E-state index in [9.17, 15) is 15.2 Å². The first-order valence-electron chi connectivity index (χ1n) is 8.16. The molecule has 0 bridgehead atoms. The fourth-order valence-corrected chi connectivity index (χ4v) is 2.63. The highest BCUT2D eigenvalue weighted by atomic mass is 35.5. The summed E-state index contributed by atoms with van der Waals surface area (Å²) in [5.74, 6) is 0.425. The van der Waals surface area contributed by atoms with Crippen molar-refractivity contribution in [3.8, 4) is 11.4 Å². The fourth-order valence-electron chi connectivity index (χ4n) is 2.44. The van der Waals surface area contributed by atoms with Crippen LogP contribution < -0.4 is 0 Å². The van der Waals surface area contributed by atoms with Crippen molar-refractivity contribution in [3.05, 3.63) is 75.6 Å². The zero-order chi connectivity index (χ0) is 19.2. The van der Waals surface area contributed by atoms with Crippen LogP contribution >= 0.6 is 11.6 Å². The maximum Gasteiger partial charge on any atom is 0.269 e. The van der Waals surface area contributed by atoms with Gasteiger partial charge < -0.3 is 9.84 Å². The Kier molecular flexibility index (Phi) is 6.12. The molecule has 27 heavy (non-hydrogen) atoms. The molecule has 1 aromatic heterocycles. The van der Waals surface area contributed by atoms with Crippen molar-refractivity contribution in [3.63, 3.8) is 0 Å². The topological polar surface area (TPSA) is 103 Å². The molecule has 1 N–H and O–H groups in total. The van der Waals surface area contributed by atoms with Gasteiger partial charge in [0.15, 0.2) is 5.82 Å². The molecular weight excluding hydrogens is 372 g/mol. The summed E-state index contributed by atoms with van der Waals surface area (Å²) in [6, 6.07) is 13.3. The molecule has 0 saturated carbocycles. The van der Waals surface area contributed by atoms with Crippen LogP contribution in [0, 0.1) is 10.1 Å². The van der Waals surface area contributed by atoms with E-state index in [0.717, 1.165) is 5.56 Å². The van der Waals surface area contributed by atoms with Gasteiger partial charge >= 0.3 is 0 Å². The monoisotopic (exact) mass is 388 g/mol. The van der Waals surface area contributed by atoms with Crippen LogP contribution in [0.15, 0.2) is 54.9 Å². The summed E-state index contributed by atoms with van der Waals surface area (Å²) in [6.45, 7) is 0.641.